The molecule has 29 heavy (non-hydrogen) atoms. The maximum atomic E-state index is 13.2. The molecule has 0 heterocycles. The third-order valence-corrected chi connectivity index (χ3v) is 5.72. The molecule has 0 amide bonds. The van der Waals surface area contributed by atoms with Crippen molar-refractivity contribution in [2.75, 3.05) is 24.7 Å². The molecule has 0 aliphatic carbocycles. The molecule has 3 aromatic carbocycles. The van der Waals surface area contributed by atoms with Gasteiger partial charge >= 0.3 is 0 Å². The summed E-state index contributed by atoms with van der Waals surface area (Å²) < 4.78 is 49.7. The van der Waals surface area contributed by atoms with Crippen molar-refractivity contribution in [2.24, 2.45) is 0 Å². The standard InChI is InChI=1S/C22H22FNO4S/c1-24(29(3,25)26)21-14-18(17-6-9-19(23)10-7-17)8-13-22(21)28-15-16-4-11-20(27-2)12-5-16/h4-14H,15H2,1-3H3. The van der Waals surface area contributed by atoms with Crippen LogP contribution in [0.3, 0.4) is 0 Å². The first kappa shape index (κ1) is 20.7. The molecule has 7 heteroatoms. The first-order valence-electron chi connectivity index (χ1n) is 8.87. The van der Waals surface area contributed by atoms with Gasteiger partial charge in [-0.3, -0.25) is 4.31 Å². The van der Waals surface area contributed by atoms with E-state index in [1.807, 2.05) is 30.3 Å². The maximum absolute atomic E-state index is 13.2. The third-order valence-electron chi connectivity index (χ3n) is 4.53. The molecule has 0 unspecified atom stereocenters. The Balaban J connectivity index is 1.93. The summed E-state index contributed by atoms with van der Waals surface area (Å²) in [6, 6.07) is 18.7. The van der Waals surface area contributed by atoms with Gasteiger partial charge in [0.2, 0.25) is 10.0 Å². The minimum Gasteiger partial charge on any atom is -0.497 e. The van der Waals surface area contributed by atoms with E-state index in [9.17, 15) is 12.8 Å². The van der Waals surface area contributed by atoms with Gasteiger partial charge in [-0.05, 0) is 53.1 Å². The molecule has 152 valence electrons. The van der Waals surface area contributed by atoms with E-state index < -0.39 is 10.0 Å². The highest BCUT2D eigenvalue weighted by Crippen LogP contribution is 2.34. The van der Waals surface area contributed by atoms with E-state index in [-0.39, 0.29) is 12.4 Å². The van der Waals surface area contributed by atoms with Gasteiger partial charge in [0.1, 0.15) is 23.9 Å². The van der Waals surface area contributed by atoms with Crippen molar-refractivity contribution in [1.82, 2.24) is 0 Å². The van der Waals surface area contributed by atoms with Crippen LogP contribution in [0.1, 0.15) is 5.56 Å². The minimum absolute atomic E-state index is 0.268. The van der Waals surface area contributed by atoms with Gasteiger partial charge in [-0.2, -0.15) is 0 Å². The number of hydrogen-bond acceptors (Lipinski definition) is 4. The fourth-order valence-corrected chi connectivity index (χ4v) is 3.27. The maximum Gasteiger partial charge on any atom is 0.232 e. The van der Waals surface area contributed by atoms with Crippen molar-refractivity contribution in [3.05, 3.63) is 78.1 Å². The monoisotopic (exact) mass is 415 g/mol. The average Bonchev–Trinajstić information content (AvgIpc) is 2.72. The summed E-state index contributed by atoms with van der Waals surface area (Å²) in [5, 5.41) is 0. The van der Waals surface area contributed by atoms with Gasteiger partial charge in [0.05, 0.1) is 19.1 Å². The van der Waals surface area contributed by atoms with E-state index in [1.165, 1.54) is 23.5 Å². The second-order valence-electron chi connectivity index (χ2n) is 6.56. The fraction of sp³-hybridized carbons (Fsp3) is 0.182. The molecule has 0 aliphatic rings. The Hall–Kier alpha value is -3.06. The SMILES string of the molecule is COc1ccc(COc2ccc(-c3ccc(F)cc3)cc2N(C)S(C)(=O)=O)cc1. The van der Waals surface area contributed by atoms with Crippen LogP contribution in [-0.2, 0) is 16.6 Å². The van der Waals surface area contributed by atoms with Crippen molar-refractivity contribution in [3.63, 3.8) is 0 Å². The Morgan fingerprint density at radius 1 is 0.931 bits per heavy atom. The summed E-state index contributed by atoms with van der Waals surface area (Å²) in [5.74, 6) is 0.844. The summed E-state index contributed by atoms with van der Waals surface area (Å²) in [6.45, 7) is 0.268. The predicted octanol–water partition coefficient (Wildman–Crippen LogP) is 4.48. The van der Waals surface area contributed by atoms with Crippen LogP contribution in [-0.4, -0.2) is 28.8 Å². The zero-order valence-electron chi connectivity index (χ0n) is 16.4. The lowest BCUT2D eigenvalue weighted by molar-refractivity contribution is 0.307. The molecular weight excluding hydrogens is 393 g/mol. The average molecular weight is 415 g/mol. The molecule has 0 aromatic heterocycles. The fourth-order valence-electron chi connectivity index (χ4n) is 2.77. The van der Waals surface area contributed by atoms with E-state index in [4.69, 9.17) is 9.47 Å². The van der Waals surface area contributed by atoms with Gasteiger partial charge in [-0.1, -0.05) is 30.3 Å². The smallest absolute Gasteiger partial charge is 0.232 e. The van der Waals surface area contributed by atoms with Crippen LogP contribution in [0.15, 0.2) is 66.7 Å². The molecule has 0 atom stereocenters. The molecule has 0 radical (unpaired) electrons. The minimum atomic E-state index is -3.50. The van der Waals surface area contributed by atoms with Crippen LogP contribution in [0.5, 0.6) is 11.5 Å². The quantitative estimate of drug-likeness (QED) is 0.571. The van der Waals surface area contributed by atoms with E-state index in [0.717, 1.165) is 28.7 Å². The molecular formula is C22H22FNO4S. The Labute approximate surface area is 170 Å². The molecule has 0 spiro atoms. The summed E-state index contributed by atoms with van der Waals surface area (Å²) in [7, 11) is -0.429. The summed E-state index contributed by atoms with van der Waals surface area (Å²) in [4.78, 5) is 0. The Bertz CT molecular complexity index is 1080. The molecule has 3 aromatic rings. The van der Waals surface area contributed by atoms with E-state index in [1.54, 1.807) is 31.4 Å². The number of anilines is 1. The van der Waals surface area contributed by atoms with Crippen molar-refractivity contribution in [1.29, 1.82) is 0 Å². The molecule has 0 fully saturated rings. The highest BCUT2D eigenvalue weighted by Gasteiger charge is 2.18. The first-order chi connectivity index (χ1) is 13.8. The lowest BCUT2D eigenvalue weighted by atomic mass is 10.0. The normalized spacial score (nSPS) is 11.2. The van der Waals surface area contributed by atoms with Crippen molar-refractivity contribution >= 4 is 15.7 Å². The number of ether oxygens (including phenoxy) is 2. The van der Waals surface area contributed by atoms with Gasteiger partial charge in [0.25, 0.3) is 0 Å². The van der Waals surface area contributed by atoms with Crippen molar-refractivity contribution in [2.45, 2.75) is 6.61 Å². The summed E-state index contributed by atoms with van der Waals surface area (Å²) in [5.41, 5.74) is 2.85. The van der Waals surface area contributed by atoms with E-state index in [0.29, 0.717) is 11.4 Å². The van der Waals surface area contributed by atoms with Crippen LogP contribution in [0.25, 0.3) is 11.1 Å². The van der Waals surface area contributed by atoms with Crippen molar-refractivity contribution in [3.8, 4) is 22.6 Å². The van der Waals surface area contributed by atoms with Crippen LogP contribution in [0.2, 0.25) is 0 Å². The molecule has 0 aliphatic heterocycles. The number of sulfonamides is 1. The molecule has 3 rings (SSSR count). The lowest BCUT2D eigenvalue weighted by Crippen LogP contribution is -2.25. The zero-order chi connectivity index (χ0) is 21.0. The van der Waals surface area contributed by atoms with E-state index in [2.05, 4.69) is 0 Å². The van der Waals surface area contributed by atoms with E-state index >= 15 is 0 Å². The van der Waals surface area contributed by atoms with Gasteiger partial charge in [0, 0.05) is 7.05 Å². The highest BCUT2D eigenvalue weighted by atomic mass is 32.2. The van der Waals surface area contributed by atoms with Crippen molar-refractivity contribution < 1.29 is 22.3 Å². The molecule has 0 bridgehead atoms. The first-order valence-corrected chi connectivity index (χ1v) is 10.7. The molecule has 5 nitrogen and oxygen atoms in total. The molecule has 0 saturated carbocycles. The number of methoxy groups -OCH3 is 1. The number of hydrogen-bond donors (Lipinski definition) is 0. The summed E-state index contributed by atoms with van der Waals surface area (Å²) >= 11 is 0. The number of rotatable bonds is 7. The molecule has 0 saturated heterocycles. The topological polar surface area (TPSA) is 55.8 Å². The Kier molecular flexibility index (Phi) is 6.08. The second-order valence-corrected chi connectivity index (χ2v) is 8.57. The number of halogens is 1. The highest BCUT2D eigenvalue weighted by molar-refractivity contribution is 7.92. The van der Waals surface area contributed by atoms with Crippen LogP contribution < -0.4 is 13.8 Å². The third kappa shape index (κ3) is 5.06. The zero-order valence-corrected chi connectivity index (χ0v) is 17.2. The van der Waals surface area contributed by atoms with Crippen LogP contribution in [0, 0.1) is 5.82 Å². The van der Waals surface area contributed by atoms with Gasteiger partial charge in [-0.15, -0.1) is 0 Å². The van der Waals surface area contributed by atoms with Crippen LogP contribution >= 0.6 is 0 Å². The number of nitrogens with zero attached hydrogens (tertiary/aromatic N) is 1. The van der Waals surface area contributed by atoms with Gasteiger partial charge < -0.3 is 9.47 Å². The lowest BCUT2D eigenvalue weighted by Gasteiger charge is -2.21. The Morgan fingerprint density at radius 3 is 2.14 bits per heavy atom. The molecule has 0 N–H and O–H groups in total. The second kappa shape index (κ2) is 8.53. The van der Waals surface area contributed by atoms with Gasteiger partial charge in [-0.25, -0.2) is 12.8 Å². The van der Waals surface area contributed by atoms with Crippen LogP contribution in [0.4, 0.5) is 10.1 Å². The summed E-state index contributed by atoms with van der Waals surface area (Å²) in [6.07, 6.45) is 1.13. The number of benzene rings is 3. The Morgan fingerprint density at radius 2 is 1.55 bits per heavy atom. The largest absolute Gasteiger partial charge is 0.497 e. The predicted molar refractivity (Wildman–Crippen MR) is 112 cm³/mol. The van der Waals surface area contributed by atoms with Gasteiger partial charge in [0.15, 0.2) is 0 Å².